The minimum Gasteiger partial charge on any atom is -0.476 e. The lowest BCUT2D eigenvalue weighted by Crippen LogP contribution is -2.43. The second-order valence-corrected chi connectivity index (χ2v) is 4.31. The van der Waals surface area contributed by atoms with Gasteiger partial charge in [-0.3, -0.25) is 0 Å². The molecule has 0 bridgehead atoms. The van der Waals surface area contributed by atoms with Crippen molar-refractivity contribution < 1.29 is 9.84 Å². The fourth-order valence-corrected chi connectivity index (χ4v) is 1.78. The van der Waals surface area contributed by atoms with E-state index in [4.69, 9.17) is 10.5 Å². The van der Waals surface area contributed by atoms with Gasteiger partial charge in [-0.05, 0) is 26.2 Å². The summed E-state index contributed by atoms with van der Waals surface area (Å²) >= 11 is 0. The largest absolute Gasteiger partial charge is 0.476 e. The summed E-state index contributed by atoms with van der Waals surface area (Å²) in [5.74, 6) is 0.898. The van der Waals surface area contributed by atoms with Gasteiger partial charge >= 0.3 is 0 Å². The molecule has 0 radical (unpaired) electrons. The molecule has 1 aromatic rings. The predicted molar refractivity (Wildman–Crippen MR) is 64.9 cm³/mol. The summed E-state index contributed by atoms with van der Waals surface area (Å²) in [7, 11) is 0. The zero-order chi connectivity index (χ0) is 12.3. The number of aliphatic hydroxyl groups is 1. The van der Waals surface area contributed by atoms with E-state index >= 15 is 0 Å². The lowest BCUT2D eigenvalue weighted by atomic mass is 9.80. The van der Waals surface area contributed by atoms with Crippen LogP contribution in [0.3, 0.4) is 0 Å². The highest BCUT2D eigenvalue weighted by molar-refractivity contribution is 5.66. The van der Waals surface area contributed by atoms with E-state index in [-0.39, 0.29) is 0 Å². The molecule has 0 aliphatic heterocycles. The molecule has 17 heavy (non-hydrogen) atoms. The number of nitrogens with one attached hydrogen (secondary N) is 1. The van der Waals surface area contributed by atoms with Crippen molar-refractivity contribution in [2.24, 2.45) is 0 Å². The molecule has 0 saturated heterocycles. The van der Waals surface area contributed by atoms with Crippen molar-refractivity contribution in [3.8, 4) is 5.88 Å². The predicted octanol–water partition coefficient (Wildman–Crippen LogP) is 0.784. The molecule has 1 heterocycles. The Bertz CT molecular complexity index is 393. The highest BCUT2D eigenvalue weighted by Gasteiger charge is 2.34. The molecular weight excluding hydrogens is 220 g/mol. The van der Waals surface area contributed by atoms with Crippen molar-refractivity contribution in [2.45, 2.75) is 31.8 Å². The number of hydrogen-bond donors (Lipinski definition) is 3. The summed E-state index contributed by atoms with van der Waals surface area (Å²) in [6.07, 6.45) is 4.11. The molecule has 1 aromatic heterocycles. The molecule has 1 saturated carbocycles. The Kier molecular flexibility index (Phi) is 3.33. The minimum absolute atomic E-state index is 0.380. The number of ether oxygens (including phenoxy) is 1. The first-order chi connectivity index (χ1) is 8.14. The molecule has 0 spiro atoms. The van der Waals surface area contributed by atoms with E-state index in [1.54, 1.807) is 0 Å². The van der Waals surface area contributed by atoms with Crippen LogP contribution in [-0.2, 0) is 0 Å². The Morgan fingerprint density at radius 1 is 1.53 bits per heavy atom. The van der Waals surface area contributed by atoms with Gasteiger partial charge < -0.3 is 20.9 Å². The van der Waals surface area contributed by atoms with Crippen LogP contribution in [0.4, 0.5) is 11.5 Å². The summed E-state index contributed by atoms with van der Waals surface area (Å²) in [5.41, 5.74) is 5.64. The Morgan fingerprint density at radius 2 is 2.29 bits per heavy atom. The van der Waals surface area contributed by atoms with Crippen LogP contribution in [0.15, 0.2) is 6.33 Å². The SMILES string of the molecule is CCOc1ncnc(NCC2(O)CCC2)c1N. The van der Waals surface area contributed by atoms with Crippen LogP contribution in [0.2, 0.25) is 0 Å². The van der Waals surface area contributed by atoms with E-state index in [2.05, 4.69) is 15.3 Å². The highest BCUT2D eigenvalue weighted by atomic mass is 16.5. The highest BCUT2D eigenvalue weighted by Crippen LogP contribution is 2.32. The van der Waals surface area contributed by atoms with E-state index in [1.165, 1.54) is 6.33 Å². The third kappa shape index (κ3) is 2.58. The van der Waals surface area contributed by atoms with Gasteiger partial charge in [0, 0.05) is 6.54 Å². The van der Waals surface area contributed by atoms with Gasteiger partial charge in [-0.2, -0.15) is 4.98 Å². The van der Waals surface area contributed by atoms with Crippen LogP contribution >= 0.6 is 0 Å². The maximum absolute atomic E-state index is 9.96. The van der Waals surface area contributed by atoms with Gasteiger partial charge in [0.1, 0.15) is 12.0 Å². The zero-order valence-corrected chi connectivity index (χ0v) is 9.94. The van der Waals surface area contributed by atoms with Crippen molar-refractivity contribution in [1.29, 1.82) is 0 Å². The molecule has 0 unspecified atom stereocenters. The van der Waals surface area contributed by atoms with Crippen molar-refractivity contribution in [2.75, 3.05) is 24.2 Å². The average molecular weight is 238 g/mol. The van der Waals surface area contributed by atoms with E-state index in [0.29, 0.717) is 30.5 Å². The lowest BCUT2D eigenvalue weighted by molar-refractivity contribution is -0.0202. The summed E-state index contributed by atoms with van der Waals surface area (Å²) in [6, 6.07) is 0. The molecule has 94 valence electrons. The van der Waals surface area contributed by atoms with E-state index in [9.17, 15) is 5.11 Å². The first-order valence-electron chi connectivity index (χ1n) is 5.84. The molecule has 2 rings (SSSR count). The molecule has 1 aliphatic carbocycles. The topological polar surface area (TPSA) is 93.3 Å². The number of rotatable bonds is 5. The van der Waals surface area contributed by atoms with Crippen LogP contribution in [0.1, 0.15) is 26.2 Å². The van der Waals surface area contributed by atoms with Crippen molar-refractivity contribution in [3.05, 3.63) is 6.33 Å². The van der Waals surface area contributed by atoms with Crippen LogP contribution in [0.5, 0.6) is 5.88 Å². The fraction of sp³-hybridized carbons (Fsp3) is 0.636. The third-order valence-corrected chi connectivity index (χ3v) is 3.00. The number of nitrogens with zero attached hydrogens (tertiary/aromatic N) is 2. The minimum atomic E-state index is -0.608. The number of aromatic nitrogens is 2. The molecule has 6 nitrogen and oxygen atoms in total. The monoisotopic (exact) mass is 238 g/mol. The van der Waals surface area contributed by atoms with Gasteiger partial charge in [0.25, 0.3) is 0 Å². The maximum Gasteiger partial charge on any atom is 0.242 e. The smallest absolute Gasteiger partial charge is 0.242 e. The molecule has 0 amide bonds. The van der Waals surface area contributed by atoms with Crippen LogP contribution in [0.25, 0.3) is 0 Å². The summed E-state index contributed by atoms with van der Waals surface area (Å²) in [5, 5.41) is 13.0. The van der Waals surface area contributed by atoms with Gasteiger partial charge in [0.2, 0.25) is 5.88 Å². The lowest BCUT2D eigenvalue weighted by Gasteiger charge is -2.36. The Morgan fingerprint density at radius 3 is 2.88 bits per heavy atom. The molecule has 4 N–H and O–H groups in total. The zero-order valence-electron chi connectivity index (χ0n) is 9.94. The second-order valence-electron chi connectivity index (χ2n) is 4.31. The van der Waals surface area contributed by atoms with Gasteiger partial charge in [-0.25, -0.2) is 4.98 Å². The molecule has 1 aliphatic rings. The van der Waals surface area contributed by atoms with Crippen LogP contribution in [0, 0.1) is 0 Å². The van der Waals surface area contributed by atoms with E-state index in [1.807, 2.05) is 6.92 Å². The first-order valence-corrected chi connectivity index (χ1v) is 5.84. The summed E-state index contributed by atoms with van der Waals surface area (Å²) in [6.45, 7) is 2.83. The number of nitrogens with two attached hydrogens (primary N) is 1. The summed E-state index contributed by atoms with van der Waals surface area (Å²) in [4.78, 5) is 7.99. The number of anilines is 2. The fourth-order valence-electron chi connectivity index (χ4n) is 1.78. The molecule has 0 atom stereocenters. The maximum atomic E-state index is 9.96. The Balaban J connectivity index is 2.02. The number of nitrogen functional groups attached to an aromatic ring is 1. The van der Waals surface area contributed by atoms with E-state index in [0.717, 1.165) is 19.3 Å². The molecule has 1 fully saturated rings. The quantitative estimate of drug-likeness (QED) is 0.702. The van der Waals surface area contributed by atoms with Gasteiger partial charge in [-0.1, -0.05) is 0 Å². The summed E-state index contributed by atoms with van der Waals surface area (Å²) < 4.78 is 5.27. The van der Waals surface area contributed by atoms with Crippen LogP contribution < -0.4 is 15.8 Å². The normalized spacial score (nSPS) is 17.3. The third-order valence-electron chi connectivity index (χ3n) is 3.00. The van der Waals surface area contributed by atoms with E-state index < -0.39 is 5.60 Å². The van der Waals surface area contributed by atoms with Crippen molar-refractivity contribution >= 4 is 11.5 Å². The van der Waals surface area contributed by atoms with Gasteiger partial charge in [-0.15, -0.1) is 0 Å². The second kappa shape index (κ2) is 4.75. The van der Waals surface area contributed by atoms with Gasteiger partial charge in [0.15, 0.2) is 5.82 Å². The average Bonchev–Trinajstić information content (AvgIpc) is 2.28. The van der Waals surface area contributed by atoms with Crippen LogP contribution in [-0.4, -0.2) is 33.8 Å². The molecule has 6 heteroatoms. The van der Waals surface area contributed by atoms with Crippen molar-refractivity contribution in [1.82, 2.24) is 9.97 Å². The Hall–Kier alpha value is -1.56. The molecule has 0 aromatic carbocycles. The Labute approximate surface area is 100 Å². The standard InChI is InChI=1S/C11H18N4O2/c1-2-17-10-8(12)9(14-7-15-10)13-6-11(16)4-3-5-11/h7,16H,2-6,12H2,1H3,(H,13,14,15). The van der Waals surface area contributed by atoms with Gasteiger partial charge in [0.05, 0.1) is 12.2 Å². The first kappa shape index (κ1) is 11.9. The van der Waals surface area contributed by atoms with Crippen molar-refractivity contribution in [3.63, 3.8) is 0 Å². The number of hydrogen-bond acceptors (Lipinski definition) is 6. The molecular formula is C11H18N4O2.